The van der Waals surface area contributed by atoms with Crippen molar-refractivity contribution in [3.8, 4) is 11.5 Å². The third-order valence-electron chi connectivity index (χ3n) is 1.68. The molecule has 0 radical (unpaired) electrons. The first-order valence-electron chi connectivity index (χ1n) is 4.19. The molecule has 0 unspecified atom stereocenters. The third-order valence-corrected chi connectivity index (χ3v) is 1.68. The van der Waals surface area contributed by atoms with Crippen molar-refractivity contribution in [2.24, 2.45) is 0 Å². The summed E-state index contributed by atoms with van der Waals surface area (Å²) in [5.41, 5.74) is 0. The van der Waals surface area contributed by atoms with Crippen molar-refractivity contribution in [1.29, 1.82) is 0 Å². The SMILES string of the molecule is Fc1cc(Oc2ccccc2)ccn1. The van der Waals surface area contributed by atoms with Crippen molar-refractivity contribution < 1.29 is 9.13 Å². The van der Waals surface area contributed by atoms with Gasteiger partial charge in [-0.3, -0.25) is 0 Å². The van der Waals surface area contributed by atoms with Gasteiger partial charge in [-0.15, -0.1) is 0 Å². The molecule has 0 aliphatic rings. The summed E-state index contributed by atoms with van der Waals surface area (Å²) in [6.07, 6.45) is 1.37. The summed E-state index contributed by atoms with van der Waals surface area (Å²) in [5.74, 6) is 0.584. The number of rotatable bonds is 2. The average molecular weight is 189 g/mol. The van der Waals surface area contributed by atoms with Crippen LogP contribution in [0.5, 0.6) is 11.5 Å². The van der Waals surface area contributed by atoms with Crippen LogP contribution in [0.2, 0.25) is 0 Å². The van der Waals surface area contributed by atoms with Crippen LogP contribution in [0, 0.1) is 5.95 Å². The Morgan fingerprint density at radius 1 is 1.00 bits per heavy atom. The van der Waals surface area contributed by atoms with Crippen LogP contribution < -0.4 is 4.74 Å². The van der Waals surface area contributed by atoms with E-state index in [1.165, 1.54) is 12.3 Å². The lowest BCUT2D eigenvalue weighted by Crippen LogP contribution is -1.86. The molecule has 0 saturated heterocycles. The maximum atomic E-state index is 12.7. The highest BCUT2D eigenvalue weighted by atomic mass is 19.1. The summed E-state index contributed by atoms with van der Waals surface area (Å²) in [5, 5.41) is 0. The number of nitrogens with zero attached hydrogens (tertiary/aromatic N) is 1. The Hall–Kier alpha value is -1.90. The van der Waals surface area contributed by atoms with Gasteiger partial charge in [0.05, 0.1) is 0 Å². The minimum absolute atomic E-state index is 0.448. The molecule has 1 heterocycles. The van der Waals surface area contributed by atoms with Crippen molar-refractivity contribution in [3.05, 3.63) is 54.6 Å². The fraction of sp³-hybridized carbons (Fsp3) is 0. The summed E-state index contributed by atoms with van der Waals surface area (Å²) >= 11 is 0. The molecule has 0 fully saturated rings. The predicted octanol–water partition coefficient (Wildman–Crippen LogP) is 3.01. The molecule has 0 atom stereocenters. The fourth-order valence-electron chi connectivity index (χ4n) is 1.07. The minimum Gasteiger partial charge on any atom is -0.457 e. The minimum atomic E-state index is -0.543. The predicted molar refractivity (Wildman–Crippen MR) is 50.7 cm³/mol. The van der Waals surface area contributed by atoms with Crippen LogP contribution >= 0.6 is 0 Å². The molecule has 0 bridgehead atoms. The zero-order valence-electron chi connectivity index (χ0n) is 7.35. The second-order valence-corrected chi connectivity index (χ2v) is 2.73. The Labute approximate surface area is 81.0 Å². The molecule has 2 rings (SSSR count). The second kappa shape index (κ2) is 3.87. The molecule has 0 N–H and O–H groups in total. The van der Waals surface area contributed by atoms with Crippen LogP contribution in [0.4, 0.5) is 4.39 Å². The zero-order chi connectivity index (χ0) is 9.80. The summed E-state index contributed by atoms with van der Waals surface area (Å²) in [6, 6.07) is 12.1. The molecule has 70 valence electrons. The molecule has 0 saturated carbocycles. The fourth-order valence-corrected chi connectivity index (χ4v) is 1.07. The number of halogens is 1. The van der Waals surface area contributed by atoms with Gasteiger partial charge in [-0.2, -0.15) is 4.39 Å². The Morgan fingerprint density at radius 2 is 1.79 bits per heavy atom. The molecule has 14 heavy (non-hydrogen) atoms. The lowest BCUT2D eigenvalue weighted by atomic mass is 10.3. The standard InChI is InChI=1S/C11H8FNO/c12-11-8-10(6-7-13-11)14-9-4-2-1-3-5-9/h1-8H. The van der Waals surface area contributed by atoms with E-state index < -0.39 is 5.95 Å². The van der Waals surface area contributed by atoms with Crippen LogP contribution in [-0.2, 0) is 0 Å². The van der Waals surface area contributed by atoms with Gasteiger partial charge in [0.2, 0.25) is 5.95 Å². The van der Waals surface area contributed by atoms with Crippen molar-refractivity contribution in [1.82, 2.24) is 4.98 Å². The summed E-state index contributed by atoms with van der Waals surface area (Å²) < 4.78 is 18.1. The van der Waals surface area contributed by atoms with E-state index in [4.69, 9.17) is 4.74 Å². The molecular weight excluding hydrogens is 181 g/mol. The number of benzene rings is 1. The largest absolute Gasteiger partial charge is 0.457 e. The second-order valence-electron chi connectivity index (χ2n) is 2.73. The number of ether oxygens (including phenoxy) is 1. The van der Waals surface area contributed by atoms with Gasteiger partial charge in [-0.25, -0.2) is 4.98 Å². The van der Waals surface area contributed by atoms with E-state index in [1.807, 2.05) is 18.2 Å². The van der Waals surface area contributed by atoms with Crippen LogP contribution in [0.15, 0.2) is 48.7 Å². The summed E-state index contributed by atoms with van der Waals surface area (Å²) in [6.45, 7) is 0. The van der Waals surface area contributed by atoms with E-state index in [2.05, 4.69) is 4.98 Å². The van der Waals surface area contributed by atoms with Crippen molar-refractivity contribution in [3.63, 3.8) is 0 Å². The topological polar surface area (TPSA) is 22.1 Å². The molecular formula is C11H8FNO. The number of para-hydroxylation sites is 1. The molecule has 2 nitrogen and oxygen atoms in total. The lowest BCUT2D eigenvalue weighted by Gasteiger charge is -2.03. The van der Waals surface area contributed by atoms with Crippen LogP contribution in [0.1, 0.15) is 0 Å². The molecule has 0 spiro atoms. The van der Waals surface area contributed by atoms with E-state index >= 15 is 0 Å². The Kier molecular flexibility index (Phi) is 2.40. The number of pyridine rings is 1. The molecule has 1 aromatic carbocycles. The molecule has 0 amide bonds. The van der Waals surface area contributed by atoms with Gasteiger partial charge in [0.15, 0.2) is 0 Å². The summed E-state index contributed by atoms with van der Waals surface area (Å²) in [4.78, 5) is 3.43. The van der Waals surface area contributed by atoms with Gasteiger partial charge in [0.25, 0.3) is 0 Å². The first-order valence-corrected chi connectivity index (χ1v) is 4.19. The molecule has 2 aromatic rings. The molecule has 0 aliphatic heterocycles. The monoisotopic (exact) mass is 189 g/mol. The smallest absolute Gasteiger partial charge is 0.216 e. The third kappa shape index (κ3) is 2.07. The van der Waals surface area contributed by atoms with Gasteiger partial charge in [0.1, 0.15) is 11.5 Å². The Morgan fingerprint density at radius 3 is 2.50 bits per heavy atom. The van der Waals surface area contributed by atoms with E-state index in [-0.39, 0.29) is 0 Å². The van der Waals surface area contributed by atoms with Gasteiger partial charge >= 0.3 is 0 Å². The molecule has 0 aliphatic carbocycles. The van der Waals surface area contributed by atoms with Crippen molar-refractivity contribution in [2.45, 2.75) is 0 Å². The highest BCUT2D eigenvalue weighted by molar-refractivity contribution is 5.29. The van der Waals surface area contributed by atoms with E-state index in [0.29, 0.717) is 11.5 Å². The van der Waals surface area contributed by atoms with Gasteiger partial charge in [-0.1, -0.05) is 18.2 Å². The lowest BCUT2D eigenvalue weighted by molar-refractivity contribution is 0.472. The Bertz CT molecular complexity index is 417. The molecule has 1 aromatic heterocycles. The highest BCUT2D eigenvalue weighted by Crippen LogP contribution is 2.19. The van der Waals surface area contributed by atoms with Gasteiger partial charge in [0, 0.05) is 12.3 Å². The summed E-state index contributed by atoms with van der Waals surface area (Å²) in [7, 11) is 0. The van der Waals surface area contributed by atoms with Gasteiger partial charge in [-0.05, 0) is 18.2 Å². The number of hydrogen-bond donors (Lipinski definition) is 0. The van der Waals surface area contributed by atoms with Crippen molar-refractivity contribution in [2.75, 3.05) is 0 Å². The van der Waals surface area contributed by atoms with Crippen molar-refractivity contribution >= 4 is 0 Å². The Balaban J connectivity index is 2.19. The number of aromatic nitrogens is 1. The van der Waals surface area contributed by atoms with Crippen LogP contribution in [-0.4, -0.2) is 4.98 Å². The normalized spacial score (nSPS) is 9.79. The number of hydrogen-bond acceptors (Lipinski definition) is 2. The zero-order valence-corrected chi connectivity index (χ0v) is 7.35. The maximum absolute atomic E-state index is 12.7. The quantitative estimate of drug-likeness (QED) is 0.677. The van der Waals surface area contributed by atoms with E-state index in [9.17, 15) is 4.39 Å². The molecule has 3 heteroatoms. The first kappa shape index (κ1) is 8.69. The van der Waals surface area contributed by atoms with Crippen LogP contribution in [0.3, 0.4) is 0 Å². The average Bonchev–Trinajstić information content (AvgIpc) is 2.19. The van der Waals surface area contributed by atoms with E-state index in [0.717, 1.165) is 0 Å². The van der Waals surface area contributed by atoms with Crippen LogP contribution in [0.25, 0.3) is 0 Å². The van der Waals surface area contributed by atoms with Gasteiger partial charge < -0.3 is 4.74 Å². The highest BCUT2D eigenvalue weighted by Gasteiger charge is 1.97. The first-order chi connectivity index (χ1) is 6.84. The maximum Gasteiger partial charge on any atom is 0.216 e. The van der Waals surface area contributed by atoms with E-state index in [1.54, 1.807) is 18.2 Å².